The van der Waals surface area contributed by atoms with E-state index in [1.54, 1.807) is 6.33 Å². The Bertz CT molecular complexity index is 1080. The molecule has 3 heterocycles. The van der Waals surface area contributed by atoms with Gasteiger partial charge in [0.1, 0.15) is 18.8 Å². The third-order valence-electron chi connectivity index (χ3n) is 5.62. The van der Waals surface area contributed by atoms with E-state index in [9.17, 15) is 9.18 Å². The lowest BCUT2D eigenvalue weighted by molar-refractivity contribution is 0.0951. The predicted octanol–water partition coefficient (Wildman–Crippen LogP) is 2.95. The van der Waals surface area contributed by atoms with Gasteiger partial charge in [0, 0.05) is 18.2 Å². The second kappa shape index (κ2) is 7.09. The molecule has 1 unspecified atom stereocenters. The first-order valence-corrected chi connectivity index (χ1v) is 10.1. The molecule has 1 aliphatic carbocycles. The standard InChI is InChI=1S/C21H23FN6O/c1-13-4-5-14(21(29)26-16-6-7-16)9-17(13)28-12-25-18-19(23-11-24-20(18)28)27-8-2-3-15(22)10-27/h4-5,9,11-12,15-16H,2-3,6-8,10H2,1H3,(H,26,29). The summed E-state index contributed by atoms with van der Waals surface area (Å²) in [6, 6.07) is 5.95. The number of halogens is 1. The lowest BCUT2D eigenvalue weighted by atomic mass is 10.1. The summed E-state index contributed by atoms with van der Waals surface area (Å²) in [7, 11) is 0. The van der Waals surface area contributed by atoms with Crippen LogP contribution in [0.15, 0.2) is 30.9 Å². The first-order valence-electron chi connectivity index (χ1n) is 10.1. The number of benzene rings is 1. The topological polar surface area (TPSA) is 75.9 Å². The van der Waals surface area contributed by atoms with Crippen LogP contribution in [0.4, 0.5) is 10.2 Å². The fourth-order valence-corrected chi connectivity index (χ4v) is 3.85. The van der Waals surface area contributed by atoms with Crippen molar-refractivity contribution < 1.29 is 9.18 Å². The van der Waals surface area contributed by atoms with E-state index in [1.165, 1.54) is 6.33 Å². The SMILES string of the molecule is Cc1ccc(C(=O)NC2CC2)cc1-n1cnc2c(N3CCCC(F)C3)ncnc21. The molecule has 1 aromatic carbocycles. The summed E-state index contributed by atoms with van der Waals surface area (Å²) in [5.41, 5.74) is 3.77. The maximum atomic E-state index is 13.9. The number of hydrogen-bond acceptors (Lipinski definition) is 5. The van der Waals surface area contributed by atoms with Gasteiger partial charge in [0.15, 0.2) is 17.0 Å². The number of piperidine rings is 1. The zero-order chi connectivity index (χ0) is 20.0. The zero-order valence-electron chi connectivity index (χ0n) is 16.3. The molecule has 29 heavy (non-hydrogen) atoms. The van der Waals surface area contributed by atoms with Crippen molar-refractivity contribution in [2.75, 3.05) is 18.0 Å². The van der Waals surface area contributed by atoms with Gasteiger partial charge >= 0.3 is 0 Å². The molecule has 2 aliphatic rings. The normalized spacial score (nSPS) is 19.5. The lowest BCUT2D eigenvalue weighted by Gasteiger charge is -2.29. The van der Waals surface area contributed by atoms with E-state index in [2.05, 4.69) is 20.3 Å². The average molecular weight is 394 g/mol. The van der Waals surface area contributed by atoms with Crippen LogP contribution in [0.25, 0.3) is 16.9 Å². The van der Waals surface area contributed by atoms with E-state index in [0.717, 1.165) is 37.1 Å². The molecule has 1 saturated carbocycles. The molecule has 150 valence electrons. The second-order valence-electron chi connectivity index (χ2n) is 7.92. The molecular formula is C21H23FN6O. The van der Waals surface area contributed by atoms with Crippen molar-refractivity contribution in [1.29, 1.82) is 0 Å². The number of nitrogens with zero attached hydrogens (tertiary/aromatic N) is 5. The maximum Gasteiger partial charge on any atom is 0.251 e. The summed E-state index contributed by atoms with van der Waals surface area (Å²) in [6.07, 6.45) is 5.83. The molecule has 5 rings (SSSR count). The number of alkyl halides is 1. The molecule has 2 fully saturated rings. The Hall–Kier alpha value is -3.03. The summed E-state index contributed by atoms with van der Waals surface area (Å²) in [5.74, 6) is 0.604. The maximum absolute atomic E-state index is 13.9. The molecule has 0 radical (unpaired) electrons. The van der Waals surface area contributed by atoms with Gasteiger partial charge in [0.05, 0.1) is 12.2 Å². The van der Waals surface area contributed by atoms with Crippen LogP contribution >= 0.6 is 0 Å². The number of fused-ring (bicyclic) bond motifs is 1. The molecule has 0 spiro atoms. The third-order valence-corrected chi connectivity index (χ3v) is 5.62. The second-order valence-corrected chi connectivity index (χ2v) is 7.92. The minimum absolute atomic E-state index is 0.0595. The van der Waals surface area contributed by atoms with Gasteiger partial charge in [-0.1, -0.05) is 6.07 Å². The number of aryl methyl sites for hydroxylation is 1. The number of aromatic nitrogens is 4. The summed E-state index contributed by atoms with van der Waals surface area (Å²) in [4.78, 5) is 27.8. The van der Waals surface area contributed by atoms with E-state index in [1.807, 2.05) is 34.6 Å². The first-order chi connectivity index (χ1) is 14.1. The molecule has 0 bridgehead atoms. The van der Waals surface area contributed by atoms with Crippen molar-refractivity contribution in [1.82, 2.24) is 24.8 Å². The number of carbonyl (C=O) groups excluding carboxylic acids is 1. The minimum Gasteiger partial charge on any atom is -0.352 e. The Balaban J connectivity index is 1.54. The van der Waals surface area contributed by atoms with Crippen LogP contribution < -0.4 is 10.2 Å². The summed E-state index contributed by atoms with van der Waals surface area (Å²) in [5, 5.41) is 3.02. The Morgan fingerprint density at radius 3 is 2.86 bits per heavy atom. The van der Waals surface area contributed by atoms with E-state index in [4.69, 9.17) is 0 Å². The van der Waals surface area contributed by atoms with Gasteiger partial charge in [0.2, 0.25) is 0 Å². The van der Waals surface area contributed by atoms with E-state index in [-0.39, 0.29) is 5.91 Å². The average Bonchev–Trinajstić information content (AvgIpc) is 3.43. The molecule has 2 aromatic heterocycles. The lowest BCUT2D eigenvalue weighted by Crippen LogP contribution is -2.37. The highest BCUT2D eigenvalue weighted by Gasteiger charge is 2.25. The number of hydrogen-bond donors (Lipinski definition) is 1. The van der Waals surface area contributed by atoms with Crippen LogP contribution in [-0.4, -0.2) is 50.7 Å². The monoisotopic (exact) mass is 394 g/mol. The number of amides is 1. The number of imidazole rings is 1. The minimum atomic E-state index is -0.847. The highest BCUT2D eigenvalue weighted by atomic mass is 19.1. The van der Waals surface area contributed by atoms with Crippen LogP contribution in [-0.2, 0) is 0 Å². The highest BCUT2D eigenvalue weighted by Crippen LogP contribution is 2.28. The Morgan fingerprint density at radius 2 is 2.07 bits per heavy atom. The van der Waals surface area contributed by atoms with E-state index < -0.39 is 6.17 Å². The number of anilines is 1. The summed E-state index contributed by atoms with van der Waals surface area (Å²) in [6.45, 7) is 3.08. The fraction of sp³-hybridized carbons (Fsp3) is 0.429. The highest BCUT2D eigenvalue weighted by molar-refractivity contribution is 5.95. The summed E-state index contributed by atoms with van der Waals surface area (Å²) >= 11 is 0. The Morgan fingerprint density at radius 1 is 1.21 bits per heavy atom. The van der Waals surface area contributed by atoms with Crippen LogP contribution in [0.2, 0.25) is 0 Å². The van der Waals surface area contributed by atoms with Crippen molar-refractivity contribution in [3.63, 3.8) is 0 Å². The number of carbonyl (C=O) groups is 1. The van der Waals surface area contributed by atoms with Crippen LogP contribution in [0.1, 0.15) is 41.6 Å². The predicted molar refractivity (Wildman–Crippen MR) is 108 cm³/mol. The van der Waals surface area contributed by atoms with Gasteiger partial charge in [-0.15, -0.1) is 0 Å². The molecule has 1 saturated heterocycles. The van der Waals surface area contributed by atoms with Crippen molar-refractivity contribution in [3.8, 4) is 5.69 Å². The van der Waals surface area contributed by atoms with E-state index >= 15 is 0 Å². The molecule has 8 heteroatoms. The zero-order valence-corrected chi connectivity index (χ0v) is 16.3. The third kappa shape index (κ3) is 3.43. The van der Waals surface area contributed by atoms with Crippen LogP contribution in [0.3, 0.4) is 0 Å². The van der Waals surface area contributed by atoms with Crippen LogP contribution in [0.5, 0.6) is 0 Å². The van der Waals surface area contributed by atoms with Crippen LogP contribution in [0, 0.1) is 6.92 Å². The number of nitrogens with one attached hydrogen (secondary N) is 1. The fourth-order valence-electron chi connectivity index (χ4n) is 3.85. The van der Waals surface area contributed by atoms with Gasteiger partial charge < -0.3 is 10.2 Å². The van der Waals surface area contributed by atoms with Crippen molar-refractivity contribution in [2.45, 2.75) is 44.8 Å². The van der Waals surface area contributed by atoms with Crippen molar-refractivity contribution in [3.05, 3.63) is 42.0 Å². The van der Waals surface area contributed by atoms with Gasteiger partial charge in [-0.2, -0.15) is 0 Å². The molecule has 7 nitrogen and oxygen atoms in total. The number of rotatable bonds is 4. The molecule has 1 aliphatic heterocycles. The van der Waals surface area contributed by atoms with Gasteiger partial charge in [-0.3, -0.25) is 9.36 Å². The Labute approximate surface area is 168 Å². The molecular weight excluding hydrogens is 371 g/mol. The van der Waals surface area contributed by atoms with Crippen molar-refractivity contribution in [2.24, 2.45) is 0 Å². The van der Waals surface area contributed by atoms with Gasteiger partial charge in [0.25, 0.3) is 5.91 Å². The molecule has 1 N–H and O–H groups in total. The molecule has 1 atom stereocenters. The Kier molecular flexibility index (Phi) is 4.41. The largest absolute Gasteiger partial charge is 0.352 e. The molecule has 1 amide bonds. The van der Waals surface area contributed by atoms with Gasteiger partial charge in [-0.05, 0) is 50.3 Å². The smallest absolute Gasteiger partial charge is 0.251 e. The van der Waals surface area contributed by atoms with Crippen molar-refractivity contribution >= 4 is 22.9 Å². The van der Waals surface area contributed by atoms with Gasteiger partial charge in [-0.25, -0.2) is 19.3 Å². The quantitative estimate of drug-likeness (QED) is 0.736. The molecule has 3 aromatic rings. The van der Waals surface area contributed by atoms with E-state index in [0.29, 0.717) is 41.6 Å². The summed E-state index contributed by atoms with van der Waals surface area (Å²) < 4.78 is 15.8. The first kappa shape index (κ1) is 18.0.